The Bertz CT molecular complexity index is 617. The van der Waals surface area contributed by atoms with Gasteiger partial charge in [0.05, 0.1) is 12.7 Å². The van der Waals surface area contributed by atoms with E-state index in [1.165, 1.54) is 44.5 Å². The second-order valence-electron chi connectivity index (χ2n) is 8.01. The number of ether oxygens (including phenoxy) is 3. The van der Waals surface area contributed by atoms with Gasteiger partial charge in [0.2, 0.25) is 6.79 Å². The van der Waals surface area contributed by atoms with Crippen LogP contribution in [-0.2, 0) is 11.3 Å². The summed E-state index contributed by atoms with van der Waals surface area (Å²) in [6, 6.07) is 6.35. The van der Waals surface area contributed by atoms with Gasteiger partial charge < -0.3 is 19.1 Å². The number of benzene rings is 1. The Morgan fingerprint density at radius 3 is 2.80 bits per heavy atom. The van der Waals surface area contributed by atoms with Gasteiger partial charge >= 0.3 is 0 Å². The molecule has 0 aliphatic carbocycles. The number of hydrogen-bond acceptors (Lipinski definition) is 5. The molecular weight excluding hydrogens is 316 g/mol. The van der Waals surface area contributed by atoms with Crippen LogP contribution in [0.1, 0.15) is 24.8 Å². The standard InChI is InChI=1S/C20H28N2O3/c1-2-7-21(6-1)12-20-17-11-22(8-5-16(17)13-23-20)10-15-3-4-18-19(9-15)25-14-24-18/h3-4,9,16-17,20H,1-2,5-8,10-14H2/t16-,17-,20+/m0/s1. The zero-order valence-electron chi connectivity index (χ0n) is 14.9. The monoisotopic (exact) mass is 344 g/mol. The van der Waals surface area contributed by atoms with Crippen LogP contribution >= 0.6 is 0 Å². The van der Waals surface area contributed by atoms with Crippen LogP contribution in [0.25, 0.3) is 0 Å². The summed E-state index contributed by atoms with van der Waals surface area (Å²) < 4.78 is 17.2. The third-order valence-corrected chi connectivity index (χ3v) is 6.37. The molecule has 0 amide bonds. The second kappa shape index (κ2) is 6.78. The van der Waals surface area contributed by atoms with Gasteiger partial charge in [0.1, 0.15) is 0 Å². The highest BCUT2D eigenvalue weighted by atomic mass is 16.7. The minimum atomic E-state index is 0.349. The fourth-order valence-corrected chi connectivity index (χ4v) is 4.95. The Kier molecular flexibility index (Phi) is 4.32. The molecule has 5 rings (SSSR count). The molecule has 0 bridgehead atoms. The average molecular weight is 344 g/mol. The zero-order chi connectivity index (χ0) is 16.6. The van der Waals surface area contributed by atoms with Crippen molar-refractivity contribution in [3.8, 4) is 11.5 Å². The van der Waals surface area contributed by atoms with Crippen molar-refractivity contribution in [2.75, 3.05) is 46.1 Å². The summed E-state index contributed by atoms with van der Waals surface area (Å²) in [5.41, 5.74) is 1.32. The van der Waals surface area contributed by atoms with Crippen molar-refractivity contribution in [2.45, 2.75) is 31.9 Å². The Morgan fingerprint density at radius 2 is 1.88 bits per heavy atom. The fraction of sp³-hybridized carbons (Fsp3) is 0.700. The fourth-order valence-electron chi connectivity index (χ4n) is 4.95. The molecule has 0 spiro atoms. The Balaban J connectivity index is 1.22. The van der Waals surface area contributed by atoms with Crippen molar-refractivity contribution >= 4 is 0 Å². The molecule has 3 fully saturated rings. The number of nitrogens with zero attached hydrogens (tertiary/aromatic N) is 2. The molecule has 4 aliphatic heterocycles. The summed E-state index contributed by atoms with van der Waals surface area (Å²) in [5, 5.41) is 0. The summed E-state index contributed by atoms with van der Waals surface area (Å²) in [4.78, 5) is 5.20. The minimum Gasteiger partial charge on any atom is -0.454 e. The molecule has 5 nitrogen and oxygen atoms in total. The molecule has 3 atom stereocenters. The van der Waals surface area contributed by atoms with Crippen LogP contribution in [0, 0.1) is 11.8 Å². The van der Waals surface area contributed by atoms with E-state index < -0.39 is 0 Å². The van der Waals surface area contributed by atoms with E-state index in [0.29, 0.717) is 18.8 Å². The third-order valence-electron chi connectivity index (χ3n) is 6.37. The lowest BCUT2D eigenvalue weighted by Gasteiger charge is -2.36. The first-order valence-electron chi connectivity index (χ1n) is 9.80. The maximum Gasteiger partial charge on any atom is 0.231 e. The first-order chi connectivity index (χ1) is 12.3. The maximum atomic E-state index is 6.22. The molecule has 4 heterocycles. The molecule has 5 heteroatoms. The largest absolute Gasteiger partial charge is 0.454 e. The average Bonchev–Trinajstić information content (AvgIpc) is 3.36. The predicted molar refractivity (Wildman–Crippen MR) is 94.9 cm³/mol. The normalized spacial score (nSPS) is 32.2. The number of fused-ring (bicyclic) bond motifs is 2. The van der Waals surface area contributed by atoms with Gasteiger partial charge in [0.15, 0.2) is 11.5 Å². The smallest absolute Gasteiger partial charge is 0.231 e. The van der Waals surface area contributed by atoms with Crippen molar-refractivity contribution in [1.82, 2.24) is 9.80 Å². The van der Waals surface area contributed by atoms with E-state index in [4.69, 9.17) is 14.2 Å². The van der Waals surface area contributed by atoms with Crippen molar-refractivity contribution in [3.63, 3.8) is 0 Å². The van der Waals surface area contributed by atoms with Crippen molar-refractivity contribution < 1.29 is 14.2 Å². The quantitative estimate of drug-likeness (QED) is 0.838. The van der Waals surface area contributed by atoms with E-state index in [9.17, 15) is 0 Å². The van der Waals surface area contributed by atoms with Crippen LogP contribution in [0.5, 0.6) is 11.5 Å². The first-order valence-corrected chi connectivity index (χ1v) is 9.80. The van der Waals surface area contributed by atoms with E-state index in [-0.39, 0.29) is 0 Å². The molecular formula is C20H28N2O3. The van der Waals surface area contributed by atoms with Gasteiger partial charge in [0.25, 0.3) is 0 Å². The van der Waals surface area contributed by atoms with Gasteiger partial charge in [-0.15, -0.1) is 0 Å². The number of rotatable bonds is 4. The van der Waals surface area contributed by atoms with Crippen LogP contribution in [0.15, 0.2) is 18.2 Å². The number of hydrogen-bond donors (Lipinski definition) is 0. The van der Waals surface area contributed by atoms with E-state index in [0.717, 1.165) is 43.7 Å². The Labute approximate surface area is 149 Å². The van der Waals surface area contributed by atoms with E-state index >= 15 is 0 Å². The Hall–Kier alpha value is -1.30. The summed E-state index contributed by atoms with van der Waals surface area (Å²) in [6.07, 6.45) is 4.42. The molecule has 136 valence electrons. The van der Waals surface area contributed by atoms with Crippen LogP contribution in [-0.4, -0.2) is 62.0 Å². The van der Waals surface area contributed by atoms with Crippen molar-refractivity contribution in [2.24, 2.45) is 11.8 Å². The molecule has 0 unspecified atom stereocenters. The Morgan fingerprint density at radius 1 is 1.00 bits per heavy atom. The molecule has 0 saturated carbocycles. The summed E-state index contributed by atoms with van der Waals surface area (Å²) in [6.45, 7) is 8.32. The molecule has 0 radical (unpaired) electrons. The molecule has 3 saturated heterocycles. The van der Waals surface area contributed by atoms with Crippen LogP contribution < -0.4 is 9.47 Å². The van der Waals surface area contributed by atoms with E-state index in [1.807, 2.05) is 6.07 Å². The highest BCUT2D eigenvalue weighted by Crippen LogP contribution is 2.37. The lowest BCUT2D eigenvalue weighted by molar-refractivity contribution is 0.0484. The maximum absolute atomic E-state index is 6.22. The SMILES string of the molecule is c1cc2c(cc1CN1CC[C@H]3CO[C@H](CN4CCCC4)[C@H]3C1)OCO2. The van der Waals surface area contributed by atoms with Crippen LogP contribution in [0.2, 0.25) is 0 Å². The third kappa shape index (κ3) is 3.25. The highest BCUT2D eigenvalue weighted by Gasteiger charge is 2.41. The number of likely N-dealkylation sites (tertiary alicyclic amines) is 2. The highest BCUT2D eigenvalue weighted by molar-refractivity contribution is 5.44. The number of piperidine rings is 1. The molecule has 1 aromatic rings. The van der Waals surface area contributed by atoms with Crippen LogP contribution in [0.4, 0.5) is 0 Å². The van der Waals surface area contributed by atoms with Gasteiger partial charge in [-0.3, -0.25) is 4.90 Å². The predicted octanol–water partition coefficient (Wildman–Crippen LogP) is 2.35. The minimum absolute atomic E-state index is 0.349. The summed E-state index contributed by atoms with van der Waals surface area (Å²) in [7, 11) is 0. The zero-order valence-corrected chi connectivity index (χ0v) is 14.9. The van der Waals surface area contributed by atoms with Gasteiger partial charge in [-0.2, -0.15) is 0 Å². The molecule has 1 aromatic carbocycles. The van der Waals surface area contributed by atoms with E-state index in [1.54, 1.807) is 0 Å². The van der Waals surface area contributed by atoms with Gasteiger partial charge in [-0.05, 0) is 62.5 Å². The second-order valence-corrected chi connectivity index (χ2v) is 8.01. The molecule has 0 aromatic heterocycles. The molecule has 25 heavy (non-hydrogen) atoms. The lowest BCUT2D eigenvalue weighted by Crippen LogP contribution is -2.44. The van der Waals surface area contributed by atoms with Gasteiger partial charge in [-0.1, -0.05) is 6.07 Å². The van der Waals surface area contributed by atoms with Gasteiger partial charge in [-0.25, -0.2) is 0 Å². The topological polar surface area (TPSA) is 34.2 Å². The van der Waals surface area contributed by atoms with Crippen molar-refractivity contribution in [1.29, 1.82) is 0 Å². The summed E-state index contributed by atoms with van der Waals surface area (Å²) >= 11 is 0. The van der Waals surface area contributed by atoms with Crippen molar-refractivity contribution in [3.05, 3.63) is 23.8 Å². The molecule has 4 aliphatic rings. The lowest BCUT2D eigenvalue weighted by atomic mass is 9.84. The first kappa shape index (κ1) is 15.9. The van der Waals surface area contributed by atoms with Gasteiger partial charge in [0, 0.05) is 25.6 Å². The van der Waals surface area contributed by atoms with E-state index in [2.05, 4.69) is 21.9 Å². The summed E-state index contributed by atoms with van der Waals surface area (Å²) in [5.74, 6) is 3.23. The van der Waals surface area contributed by atoms with Crippen LogP contribution in [0.3, 0.4) is 0 Å². The molecule has 0 N–H and O–H groups in total.